The first-order valence-electron chi connectivity index (χ1n) is 4.41. The maximum absolute atomic E-state index is 11.9. The van der Waals surface area contributed by atoms with E-state index in [2.05, 4.69) is 10.1 Å². The van der Waals surface area contributed by atoms with Crippen molar-refractivity contribution in [2.45, 2.75) is 19.1 Å². The van der Waals surface area contributed by atoms with Gasteiger partial charge in [0.15, 0.2) is 6.61 Å². The molecule has 1 rings (SSSR count). The molecule has 90 valence electrons. The topological polar surface area (TPSA) is 58.6 Å². The van der Waals surface area contributed by atoms with Crippen LogP contribution in [-0.4, -0.2) is 29.9 Å². The molecule has 1 aliphatic heterocycles. The predicted molar refractivity (Wildman–Crippen MR) is 48.4 cm³/mol. The summed E-state index contributed by atoms with van der Waals surface area (Å²) in [6.07, 6.45) is -2.03. The number of ether oxygens (including phenoxy) is 1. The van der Waals surface area contributed by atoms with Crippen molar-refractivity contribution >= 4 is 5.97 Å². The normalized spacial score (nSPS) is 20.6. The van der Waals surface area contributed by atoms with Gasteiger partial charge in [0.1, 0.15) is 11.5 Å². The molecule has 2 N–H and O–H groups in total. The summed E-state index contributed by atoms with van der Waals surface area (Å²) in [5, 5.41) is 11.1. The van der Waals surface area contributed by atoms with Gasteiger partial charge in [-0.15, -0.1) is 0 Å². The summed E-state index contributed by atoms with van der Waals surface area (Å²) in [5.74, 6) is -1.11. The maximum Gasteiger partial charge on any atom is 0.422 e. The van der Waals surface area contributed by atoms with E-state index < -0.39 is 24.8 Å². The van der Waals surface area contributed by atoms with Gasteiger partial charge in [-0.1, -0.05) is 0 Å². The minimum atomic E-state index is -4.41. The number of allylic oxidation sites excluding steroid dienone is 2. The molecule has 0 saturated carbocycles. The Hall–Kier alpha value is -1.66. The molecular weight excluding hydrogens is 227 g/mol. The molecule has 0 bridgehead atoms. The highest BCUT2D eigenvalue weighted by Gasteiger charge is 2.30. The number of alkyl halides is 3. The van der Waals surface area contributed by atoms with Gasteiger partial charge in [-0.25, -0.2) is 4.79 Å². The predicted octanol–water partition coefficient (Wildman–Crippen LogP) is 1.41. The zero-order chi connectivity index (χ0) is 12.3. The fraction of sp³-hybridized carbons (Fsp3) is 0.444. The largest absolute Gasteiger partial charge is 0.486 e. The molecule has 0 aromatic heterocycles. The molecule has 1 heterocycles. The summed E-state index contributed by atoms with van der Waals surface area (Å²) in [5.41, 5.74) is -0.0770. The molecule has 0 aliphatic carbocycles. The van der Waals surface area contributed by atoms with Crippen LogP contribution in [0.4, 0.5) is 13.2 Å². The average Bonchev–Trinajstić information content (AvgIpc) is 2.14. The zero-order valence-electron chi connectivity index (χ0n) is 8.34. The van der Waals surface area contributed by atoms with Gasteiger partial charge in [0.2, 0.25) is 0 Å². The first-order chi connectivity index (χ1) is 7.29. The molecular formula is C9H10F3NO3. The first kappa shape index (κ1) is 12.4. The molecule has 0 aromatic rings. The van der Waals surface area contributed by atoms with Crippen LogP contribution in [0.5, 0.6) is 0 Å². The summed E-state index contributed by atoms with van der Waals surface area (Å²) in [6.45, 7) is 0.124. The van der Waals surface area contributed by atoms with Crippen molar-refractivity contribution in [2.75, 3.05) is 6.61 Å². The number of carbonyl (C=O) groups is 1. The van der Waals surface area contributed by atoms with E-state index in [4.69, 9.17) is 5.11 Å². The number of aliphatic carboxylic acids is 1. The Kier molecular flexibility index (Phi) is 3.46. The van der Waals surface area contributed by atoms with E-state index in [0.717, 1.165) is 6.08 Å². The molecule has 1 atom stereocenters. The Morgan fingerprint density at radius 3 is 2.62 bits per heavy atom. The van der Waals surface area contributed by atoms with Gasteiger partial charge in [0, 0.05) is 0 Å². The average molecular weight is 237 g/mol. The molecule has 0 saturated heterocycles. The van der Waals surface area contributed by atoms with Crippen molar-refractivity contribution in [3.05, 3.63) is 23.6 Å². The lowest BCUT2D eigenvalue weighted by atomic mass is 10.1. The van der Waals surface area contributed by atoms with Gasteiger partial charge < -0.3 is 15.2 Å². The molecule has 1 aliphatic rings. The van der Waals surface area contributed by atoms with E-state index in [0.29, 0.717) is 0 Å². The van der Waals surface area contributed by atoms with Crippen LogP contribution in [0.2, 0.25) is 0 Å². The first-order valence-corrected chi connectivity index (χ1v) is 4.41. The monoisotopic (exact) mass is 237 g/mol. The third-order valence-corrected chi connectivity index (χ3v) is 1.85. The van der Waals surface area contributed by atoms with Crippen molar-refractivity contribution < 1.29 is 27.8 Å². The molecule has 4 nitrogen and oxygen atoms in total. The summed E-state index contributed by atoms with van der Waals surface area (Å²) >= 11 is 0. The standard InChI is InChI=1S/C9H10F3NO3/c1-5-7(16-4-9(10,11)12)3-2-6(13-5)8(14)15/h2-3,5,13H,4H2,1H3,(H,14,15). The van der Waals surface area contributed by atoms with Crippen LogP contribution in [0, 0.1) is 0 Å². The van der Waals surface area contributed by atoms with Crippen LogP contribution in [0.15, 0.2) is 23.6 Å². The summed E-state index contributed by atoms with van der Waals surface area (Å²) in [4.78, 5) is 10.5. The second-order valence-electron chi connectivity index (χ2n) is 3.22. The molecule has 0 spiro atoms. The fourth-order valence-electron chi connectivity index (χ4n) is 1.13. The SMILES string of the molecule is CC1NC(C(=O)O)=CC=C1OCC(F)(F)F. The van der Waals surface area contributed by atoms with Gasteiger partial charge in [-0.3, -0.25) is 0 Å². The van der Waals surface area contributed by atoms with Crippen LogP contribution >= 0.6 is 0 Å². The quantitative estimate of drug-likeness (QED) is 0.779. The highest BCUT2D eigenvalue weighted by Crippen LogP contribution is 2.19. The molecule has 0 amide bonds. The number of hydrogen-bond donors (Lipinski definition) is 2. The minimum Gasteiger partial charge on any atom is -0.486 e. The van der Waals surface area contributed by atoms with E-state index in [-0.39, 0.29) is 11.5 Å². The van der Waals surface area contributed by atoms with Crippen LogP contribution in [0.3, 0.4) is 0 Å². The number of rotatable bonds is 3. The lowest BCUT2D eigenvalue weighted by Gasteiger charge is -2.23. The number of halogens is 3. The van der Waals surface area contributed by atoms with Gasteiger partial charge in [-0.2, -0.15) is 13.2 Å². The summed E-state index contributed by atoms with van der Waals surface area (Å²) in [7, 11) is 0. The number of carboxylic acid groups (broad SMARTS) is 1. The van der Waals surface area contributed by atoms with Crippen molar-refractivity contribution in [1.82, 2.24) is 5.32 Å². The second kappa shape index (κ2) is 4.46. The van der Waals surface area contributed by atoms with E-state index in [1.54, 1.807) is 0 Å². The fourth-order valence-corrected chi connectivity index (χ4v) is 1.13. The highest BCUT2D eigenvalue weighted by atomic mass is 19.4. The van der Waals surface area contributed by atoms with Gasteiger partial charge >= 0.3 is 12.1 Å². The molecule has 0 aromatic carbocycles. The Bertz CT molecular complexity index is 346. The third kappa shape index (κ3) is 3.48. The van der Waals surface area contributed by atoms with E-state index in [9.17, 15) is 18.0 Å². The molecule has 0 fully saturated rings. The van der Waals surface area contributed by atoms with E-state index >= 15 is 0 Å². The minimum absolute atomic E-state index is 0.0577. The molecule has 16 heavy (non-hydrogen) atoms. The molecule has 1 unspecified atom stereocenters. The number of carboxylic acids is 1. The Morgan fingerprint density at radius 2 is 2.19 bits per heavy atom. The van der Waals surface area contributed by atoms with Crippen molar-refractivity contribution in [3.63, 3.8) is 0 Å². The molecule has 7 heteroatoms. The summed E-state index contributed by atoms with van der Waals surface area (Å²) < 4.78 is 40.1. The van der Waals surface area contributed by atoms with Gasteiger partial charge in [0.25, 0.3) is 0 Å². The van der Waals surface area contributed by atoms with E-state index in [1.807, 2.05) is 0 Å². The lowest BCUT2D eigenvalue weighted by Crippen LogP contribution is -2.35. The summed E-state index contributed by atoms with van der Waals surface area (Å²) in [6, 6.07) is -0.599. The Labute approximate surface area is 89.4 Å². The number of dihydropyridines is 1. The Balaban J connectivity index is 2.65. The van der Waals surface area contributed by atoms with E-state index in [1.165, 1.54) is 13.0 Å². The highest BCUT2D eigenvalue weighted by molar-refractivity contribution is 5.86. The smallest absolute Gasteiger partial charge is 0.422 e. The third-order valence-electron chi connectivity index (χ3n) is 1.85. The van der Waals surface area contributed by atoms with Crippen molar-refractivity contribution in [3.8, 4) is 0 Å². The number of hydrogen-bond acceptors (Lipinski definition) is 3. The van der Waals surface area contributed by atoms with Crippen molar-refractivity contribution in [1.29, 1.82) is 0 Å². The Morgan fingerprint density at radius 1 is 1.56 bits per heavy atom. The van der Waals surface area contributed by atoms with Crippen LogP contribution in [-0.2, 0) is 9.53 Å². The zero-order valence-corrected chi connectivity index (χ0v) is 8.34. The lowest BCUT2D eigenvalue weighted by molar-refractivity contribution is -0.166. The van der Waals surface area contributed by atoms with Crippen LogP contribution in [0.1, 0.15) is 6.92 Å². The molecule has 0 radical (unpaired) electrons. The maximum atomic E-state index is 11.9. The van der Waals surface area contributed by atoms with Crippen LogP contribution in [0.25, 0.3) is 0 Å². The van der Waals surface area contributed by atoms with Crippen molar-refractivity contribution in [2.24, 2.45) is 0 Å². The van der Waals surface area contributed by atoms with Gasteiger partial charge in [0.05, 0.1) is 6.04 Å². The van der Waals surface area contributed by atoms with Crippen LogP contribution < -0.4 is 5.32 Å². The number of nitrogens with one attached hydrogen (secondary N) is 1. The van der Waals surface area contributed by atoms with Gasteiger partial charge in [-0.05, 0) is 19.1 Å². The second-order valence-corrected chi connectivity index (χ2v) is 3.22.